The van der Waals surface area contributed by atoms with E-state index in [4.69, 9.17) is 0 Å². The summed E-state index contributed by atoms with van der Waals surface area (Å²) in [5.74, 6) is -0.263. The summed E-state index contributed by atoms with van der Waals surface area (Å²) < 4.78 is 26.8. The van der Waals surface area contributed by atoms with Crippen molar-refractivity contribution < 1.29 is 13.2 Å². The molecule has 0 spiro atoms. The predicted octanol–water partition coefficient (Wildman–Crippen LogP) is 2.14. The number of carbonyl (C=O) groups is 1. The molecule has 1 atom stereocenters. The van der Waals surface area contributed by atoms with E-state index < -0.39 is 16.1 Å². The SMILES string of the molecule is C[C@@H](NS(=O)(=O)c1cccs1)C(=O)N(C)Cc1ccsc1. The van der Waals surface area contributed by atoms with Gasteiger partial charge in [-0.2, -0.15) is 16.1 Å². The fourth-order valence-corrected chi connectivity index (χ4v) is 4.69. The smallest absolute Gasteiger partial charge is 0.250 e. The van der Waals surface area contributed by atoms with Crippen LogP contribution >= 0.6 is 22.7 Å². The summed E-state index contributed by atoms with van der Waals surface area (Å²) in [5.41, 5.74) is 1.03. The van der Waals surface area contributed by atoms with E-state index in [0.717, 1.165) is 16.9 Å². The first-order valence-electron chi connectivity index (χ1n) is 6.22. The van der Waals surface area contributed by atoms with Crippen LogP contribution in [-0.2, 0) is 21.4 Å². The van der Waals surface area contributed by atoms with E-state index in [2.05, 4.69) is 4.72 Å². The van der Waals surface area contributed by atoms with Crippen molar-refractivity contribution in [3.63, 3.8) is 0 Å². The Kier molecular flexibility index (Phi) is 5.15. The zero-order valence-corrected chi connectivity index (χ0v) is 14.1. The zero-order valence-electron chi connectivity index (χ0n) is 11.6. The standard InChI is InChI=1S/C13H16N2O3S3/c1-10(14-21(17,18)12-4-3-6-20-12)13(16)15(2)8-11-5-7-19-9-11/h3-7,9-10,14H,8H2,1-2H3/t10-/m1/s1. The van der Waals surface area contributed by atoms with Gasteiger partial charge in [-0.25, -0.2) is 8.42 Å². The van der Waals surface area contributed by atoms with Gasteiger partial charge in [0, 0.05) is 13.6 Å². The fourth-order valence-electron chi connectivity index (χ4n) is 1.82. The summed E-state index contributed by atoms with van der Waals surface area (Å²) in [6, 6.07) is 4.31. The van der Waals surface area contributed by atoms with E-state index >= 15 is 0 Å². The van der Waals surface area contributed by atoms with Crippen LogP contribution in [0.4, 0.5) is 0 Å². The quantitative estimate of drug-likeness (QED) is 0.873. The van der Waals surface area contributed by atoms with E-state index in [-0.39, 0.29) is 10.1 Å². The van der Waals surface area contributed by atoms with Gasteiger partial charge in [0.25, 0.3) is 10.0 Å². The second kappa shape index (κ2) is 6.69. The molecule has 0 aliphatic heterocycles. The molecule has 8 heteroatoms. The maximum absolute atomic E-state index is 12.2. The molecule has 0 aromatic carbocycles. The number of nitrogens with one attached hydrogen (secondary N) is 1. The number of sulfonamides is 1. The van der Waals surface area contributed by atoms with Crippen LogP contribution in [0.5, 0.6) is 0 Å². The highest BCUT2D eigenvalue weighted by Gasteiger charge is 2.24. The zero-order chi connectivity index (χ0) is 15.5. The van der Waals surface area contributed by atoms with Crippen molar-refractivity contribution in [3.8, 4) is 0 Å². The summed E-state index contributed by atoms with van der Waals surface area (Å²) in [7, 11) is -1.97. The summed E-state index contributed by atoms with van der Waals surface area (Å²) in [6.07, 6.45) is 0. The van der Waals surface area contributed by atoms with Crippen molar-refractivity contribution in [2.24, 2.45) is 0 Å². The third-order valence-electron chi connectivity index (χ3n) is 2.84. The lowest BCUT2D eigenvalue weighted by atomic mass is 10.2. The highest BCUT2D eigenvalue weighted by atomic mass is 32.2. The monoisotopic (exact) mass is 344 g/mol. The molecule has 0 unspecified atom stereocenters. The summed E-state index contributed by atoms with van der Waals surface area (Å²) in [5, 5.41) is 5.59. The molecular weight excluding hydrogens is 328 g/mol. The highest BCUT2D eigenvalue weighted by molar-refractivity contribution is 7.91. The topological polar surface area (TPSA) is 66.5 Å². The number of carbonyl (C=O) groups excluding carboxylic acids is 1. The third kappa shape index (κ3) is 4.13. The second-order valence-corrected chi connectivity index (χ2v) is 8.27. The van der Waals surface area contributed by atoms with Gasteiger partial charge in [-0.1, -0.05) is 6.07 Å². The third-order valence-corrected chi connectivity index (χ3v) is 6.51. The van der Waals surface area contributed by atoms with Crippen molar-refractivity contribution >= 4 is 38.6 Å². The fraction of sp³-hybridized carbons (Fsp3) is 0.308. The minimum Gasteiger partial charge on any atom is -0.340 e. The van der Waals surface area contributed by atoms with E-state index in [1.807, 2.05) is 16.8 Å². The lowest BCUT2D eigenvalue weighted by Crippen LogP contribution is -2.45. The lowest BCUT2D eigenvalue weighted by Gasteiger charge is -2.21. The normalized spacial score (nSPS) is 13.0. The minimum absolute atomic E-state index is 0.211. The maximum Gasteiger partial charge on any atom is 0.250 e. The first-order valence-corrected chi connectivity index (χ1v) is 9.52. The van der Waals surface area contributed by atoms with Crippen LogP contribution in [0.25, 0.3) is 0 Å². The molecule has 2 aromatic rings. The van der Waals surface area contributed by atoms with E-state index in [1.54, 1.807) is 36.8 Å². The molecule has 21 heavy (non-hydrogen) atoms. The van der Waals surface area contributed by atoms with E-state index in [1.165, 1.54) is 11.0 Å². The summed E-state index contributed by atoms with van der Waals surface area (Å²) in [6.45, 7) is 2.02. The van der Waals surface area contributed by atoms with Crippen LogP contribution in [0.1, 0.15) is 12.5 Å². The van der Waals surface area contributed by atoms with Crippen molar-refractivity contribution in [2.75, 3.05) is 7.05 Å². The van der Waals surface area contributed by atoms with Gasteiger partial charge in [0.05, 0.1) is 6.04 Å². The Morgan fingerprint density at radius 2 is 2.14 bits per heavy atom. The molecule has 1 amide bonds. The number of hydrogen-bond donors (Lipinski definition) is 1. The molecule has 0 aliphatic carbocycles. The van der Waals surface area contributed by atoms with Crippen LogP contribution in [0.15, 0.2) is 38.5 Å². The Balaban J connectivity index is 1.99. The molecule has 0 saturated carbocycles. The van der Waals surface area contributed by atoms with Gasteiger partial charge in [-0.05, 0) is 40.8 Å². The second-order valence-electron chi connectivity index (χ2n) is 4.60. The first kappa shape index (κ1) is 16.2. The van der Waals surface area contributed by atoms with Crippen molar-refractivity contribution in [1.82, 2.24) is 9.62 Å². The number of hydrogen-bond acceptors (Lipinski definition) is 5. The number of nitrogens with zero attached hydrogens (tertiary/aromatic N) is 1. The average Bonchev–Trinajstić information content (AvgIpc) is 3.10. The van der Waals surface area contributed by atoms with Crippen LogP contribution < -0.4 is 4.72 Å². The Hall–Kier alpha value is -1.22. The van der Waals surface area contributed by atoms with Gasteiger partial charge >= 0.3 is 0 Å². The Bertz CT molecular complexity index is 678. The van der Waals surface area contributed by atoms with Gasteiger partial charge in [-0.3, -0.25) is 4.79 Å². The molecule has 2 rings (SSSR count). The number of amides is 1. The predicted molar refractivity (Wildman–Crippen MR) is 84.9 cm³/mol. The molecule has 0 fully saturated rings. The Labute approximate surface area is 132 Å². The number of thiophene rings is 2. The van der Waals surface area contributed by atoms with Crippen molar-refractivity contribution in [1.29, 1.82) is 0 Å². The molecule has 2 heterocycles. The molecule has 0 aliphatic rings. The minimum atomic E-state index is -3.63. The van der Waals surface area contributed by atoms with Crippen molar-refractivity contribution in [3.05, 3.63) is 39.9 Å². The van der Waals surface area contributed by atoms with Gasteiger partial charge in [0.1, 0.15) is 4.21 Å². The van der Waals surface area contributed by atoms with Gasteiger partial charge in [0.15, 0.2) is 0 Å². The summed E-state index contributed by atoms with van der Waals surface area (Å²) >= 11 is 2.68. The largest absolute Gasteiger partial charge is 0.340 e. The molecule has 5 nitrogen and oxygen atoms in total. The molecule has 0 saturated heterocycles. The molecule has 1 N–H and O–H groups in total. The van der Waals surface area contributed by atoms with Crippen LogP contribution in [0.2, 0.25) is 0 Å². The first-order chi connectivity index (χ1) is 9.90. The Morgan fingerprint density at radius 1 is 1.38 bits per heavy atom. The van der Waals surface area contributed by atoms with Gasteiger partial charge < -0.3 is 4.90 Å². The number of likely N-dealkylation sites (N-methyl/N-ethyl adjacent to an activating group) is 1. The Morgan fingerprint density at radius 3 is 2.71 bits per heavy atom. The molecular formula is C13H16N2O3S3. The molecule has 0 radical (unpaired) electrons. The van der Waals surface area contributed by atoms with Crippen LogP contribution in [0.3, 0.4) is 0 Å². The van der Waals surface area contributed by atoms with Crippen LogP contribution in [-0.4, -0.2) is 32.3 Å². The molecule has 0 bridgehead atoms. The lowest BCUT2D eigenvalue weighted by molar-refractivity contribution is -0.131. The highest BCUT2D eigenvalue weighted by Crippen LogP contribution is 2.16. The summed E-state index contributed by atoms with van der Waals surface area (Å²) in [4.78, 5) is 13.7. The van der Waals surface area contributed by atoms with E-state index in [0.29, 0.717) is 6.54 Å². The van der Waals surface area contributed by atoms with Crippen molar-refractivity contribution in [2.45, 2.75) is 23.7 Å². The average molecular weight is 344 g/mol. The number of rotatable bonds is 6. The van der Waals surface area contributed by atoms with Gasteiger partial charge in [-0.15, -0.1) is 11.3 Å². The molecule has 114 valence electrons. The molecule has 2 aromatic heterocycles. The van der Waals surface area contributed by atoms with E-state index in [9.17, 15) is 13.2 Å². The maximum atomic E-state index is 12.2. The van der Waals surface area contributed by atoms with Crippen LogP contribution in [0, 0.1) is 0 Å². The van der Waals surface area contributed by atoms with Gasteiger partial charge in [0.2, 0.25) is 5.91 Å².